The van der Waals surface area contributed by atoms with E-state index in [-0.39, 0.29) is 21.5 Å². The lowest BCUT2D eigenvalue weighted by Crippen LogP contribution is -2.05. The Labute approximate surface area is 128 Å². The van der Waals surface area contributed by atoms with E-state index >= 15 is 0 Å². The van der Waals surface area contributed by atoms with E-state index < -0.39 is 9.84 Å². The van der Waals surface area contributed by atoms with Gasteiger partial charge in [-0.05, 0) is 42.3 Å². The molecule has 0 spiro atoms. The summed E-state index contributed by atoms with van der Waals surface area (Å²) in [4.78, 5) is 0.375. The Morgan fingerprint density at radius 2 is 1.77 bits per heavy atom. The molecule has 3 aromatic rings. The van der Waals surface area contributed by atoms with Crippen molar-refractivity contribution in [2.24, 2.45) is 0 Å². The molecule has 2 heterocycles. The molecule has 114 valence electrons. The number of aromatic hydroxyl groups is 1. The van der Waals surface area contributed by atoms with Gasteiger partial charge < -0.3 is 5.11 Å². The lowest BCUT2D eigenvalue weighted by molar-refractivity contribution is 0.475. The molecule has 3 rings (SSSR count). The molecule has 1 N–H and O–H groups in total. The maximum absolute atomic E-state index is 13.0. The lowest BCUT2D eigenvalue weighted by atomic mass is 10.1. The number of nitrogens with zero attached hydrogens (tertiary/aromatic N) is 2. The Balaban J connectivity index is 2.32. The Hall–Kier alpha value is -2.34. The number of pyridine rings is 1. The van der Waals surface area contributed by atoms with Gasteiger partial charge in [0.2, 0.25) is 9.84 Å². The molecular formula is C16H16N2O3S. The van der Waals surface area contributed by atoms with Crippen LogP contribution in [0.5, 0.6) is 5.75 Å². The number of hydrogen-bond acceptors (Lipinski definition) is 4. The van der Waals surface area contributed by atoms with Crippen molar-refractivity contribution in [2.45, 2.75) is 29.6 Å². The topological polar surface area (TPSA) is 71.7 Å². The first-order valence-electron chi connectivity index (χ1n) is 6.92. The van der Waals surface area contributed by atoms with Crippen LogP contribution in [0, 0.1) is 0 Å². The maximum Gasteiger partial charge on any atom is 0.210 e. The summed E-state index contributed by atoms with van der Waals surface area (Å²) >= 11 is 0. The van der Waals surface area contributed by atoms with Crippen LogP contribution in [-0.4, -0.2) is 23.1 Å². The first kappa shape index (κ1) is 14.6. The van der Waals surface area contributed by atoms with Crippen molar-refractivity contribution in [1.82, 2.24) is 9.61 Å². The average molecular weight is 316 g/mol. The molecule has 0 bridgehead atoms. The number of fused-ring (bicyclic) bond motifs is 1. The Morgan fingerprint density at radius 1 is 1.09 bits per heavy atom. The third-order valence-corrected chi connectivity index (χ3v) is 5.33. The van der Waals surface area contributed by atoms with Gasteiger partial charge in [0.05, 0.1) is 16.1 Å². The minimum atomic E-state index is -3.71. The van der Waals surface area contributed by atoms with E-state index in [1.165, 1.54) is 24.3 Å². The normalized spacial score (nSPS) is 12.1. The standard InChI is InChI=1S/C16H16N2O3S/c1-11(2)15-16(14-5-3-4-10-18(14)17-15)22(20,21)13-8-6-12(19)7-9-13/h3-11,19H,1-2H3. The minimum Gasteiger partial charge on any atom is -0.508 e. The third-order valence-electron chi connectivity index (χ3n) is 3.48. The van der Waals surface area contributed by atoms with Crippen LogP contribution in [-0.2, 0) is 9.84 Å². The van der Waals surface area contributed by atoms with Gasteiger partial charge in [-0.1, -0.05) is 19.9 Å². The van der Waals surface area contributed by atoms with Crippen LogP contribution in [0.25, 0.3) is 5.52 Å². The number of sulfone groups is 1. The highest BCUT2D eigenvalue weighted by atomic mass is 32.2. The van der Waals surface area contributed by atoms with Gasteiger partial charge in [-0.15, -0.1) is 0 Å². The van der Waals surface area contributed by atoms with Crippen molar-refractivity contribution in [3.8, 4) is 5.75 Å². The molecule has 0 saturated heterocycles. The summed E-state index contributed by atoms with van der Waals surface area (Å²) in [7, 11) is -3.71. The Bertz CT molecular complexity index is 926. The molecule has 2 aromatic heterocycles. The van der Waals surface area contributed by atoms with Crippen molar-refractivity contribution in [3.63, 3.8) is 0 Å². The van der Waals surface area contributed by atoms with Crippen LogP contribution in [0.3, 0.4) is 0 Å². The summed E-state index contributed by atoms with van der Waals surface area (Å²) in [5.74, 6) is 0.00434. The van der Waals surface area contributed by atoms with E-state index in [0.717, 1.165) is 0 Å². The molecule has 6 heteroatoms. The smallest absolute Gasteiger partial charge is 0.210 e. The lowest BCUT2D eigenvalue weighted by Gasteiger charge is -2.07. The predicted octanol–water partition coefficient (Wildman–Crippen LogP) is 3.00. The molecule has 0 atom stereocenters. The summed E-state index contributed by atoms with van der Waals surface area (Å²) in [6, 6.07) is 10.9. The average Bonchev–Trinajstić information content (AvgIpc) is 2.88. The summed E-state index contributed by atoms with van der Waals surface area (Å²) in [5, 5.41) is 13.8. The SMILES string of the molecule is CC(C)c1nn2ccccc2c1S(=O)(=O)c1ccc(O)cc1. The van der Waals surface area contributed by atoms with Gasteiger partial charge in [-0.2, -0.15) is 5.10 Å². The summed E-state index contributed by atoms with van der Waals surface area (Å²) in [5.41, 5.74) is 1.10. The number of phenolic OH excluding ortho intramolecular Hbond substituents is 1. The highest BCUT2D eigenvalue weighted by molar-refractivity contribution is 7.91. The molecule has 0 unspecified atom stereocenters. The zero-order valence-corrected chi connectivity index (χ0v) is 13.1. The molecule has 0 saturated carbocycles. The van der Waals surface area contributed by atoms with Crippen LogP contribution in [0.15, 0.2) is 58.5 Å². The van der Waals surface area contributed by atoms with Crippen LogP contribution < -0.4 is 0 Å². The van der Waals surface area contributed by atoms with Crippen molar-refractivity contribution in [3.05, 3.63) is 54.4 Å². The molecule has 1 aromatic carbocycles. The molecular weight excluding hydrogens is 300 g/mol. The largest absolute Gasteiger partial charge is 0.508 e. The van der Waals surface area contributed by atoms with Crippen LogP contribution in [0.4, 0.5) is 0 Å². The highest BCUT2D eigenvalue weighted by Crippen LogP contribution is 2.32. The summed E-state index contributed by atoms with van der Waals surface area (Å²) in [6.07, 6.45) is 1.73. The third kappa shape index (κ3) is 2.25. The number of hydrogen-bond donors (Lipinski definition) is 1. The molecule has 0 fully saturated rings. The molecule has 0 aliphatic heterocycles. The zero-order chi connectivity index (χ0) is 15.9. The van der Waals surface area contributed by atoms with E-state index in [9.17, 15) is 13.5 Å². The second kappa shape index (κ2) is 5.14. The number of benzene rings is 1. The fourth-order valence-corrected chi connectivity index (χ4v) is 4.11. The van der Waals surface area contributed by atoms with Crippen LogP contribution >= 0.6 is 0 Å². The summed E-state index contributed by atoms with van der Waals surface area (Å²) < 4.78 is 27.6. The fourth-order valence-electron chi connectivity index (χ4n) is 2.39. The van der Waals surface area contributed by atoms with Crippen molar-refractivity contribution >= 4 is 15.4 Å². The quantitative estimate of drug-likeness (QED) is 0.806. The van der Waals surface area contributed by atoms with Crippen LogP contribution in [0.1, 0.15) is 25.5 Å². The van der Waals surface area contributed by atoms with E-state index in [0.29, 0.717) is 11.2 Å². The van der Waals surface area contributed by atoms with Crippen molar-refractivity contribution in [1.29, 1.82) is 0 Å². The van der Waals surface area contributed by atoms with E-state index in [2.05, 4.69) is 5.10 Å². The zero-order valence-electron chi connectivity index (χ0n) is 12.3. The molecule has 0 aliphatic carbocycles. The van der Waals surface area contributed by atoms with Crippen LogP contribution in [0.2, 0.25) is 0 Å². The van der Waals surface area contributed by atoms with Crippen molar-refractivity contribution < 1.29 is 13.5 Å². The molecule has 5 nitrogen and oxygen atoms in total. The number of rotatable bonds is 3. The molecule has 0 radical (unpaired) electrons. The van der Waals surface area contributed by atoms with Crippen molar-refractivity contribution in [2.75, 3.05) is 0 Å². The van der Waals surface area contributed by atoms with Gasteiger partial charge in [-0.3, -0.25) is 0 Å². The minimum absolute atomic E-state index is 0.0261. The summed E-state index contributed by atoms with van der Waals surface area (Å²) in [6.45, 7) is 3.83. The van der Waals surface area contributed by atoms with Gasteiger partial charge in [0.1, 0.15) is 10.6 Å². The monoisotopic (exact) mass is 316 g/mol. The maximum atomic E-state index is 13.0. The molecule has 22 heavy (non-hydrogen) atoms. The second-order valence-corrected chi connectivity index (χ2v) is 7.28. The first-order chi connectivity index (χ1) is 10.4. The van der Waals surface area contributed by atoms with E-state index in [4.69, 9.17) is 0 Å². The number of phenols is 1. The number of aromatic nitrogens is 2. The van der Waals surface area contributed by atoms with Gasteiger partial charge in [0, 0.05) is 6.20 Å². The Kier molecular flexibility index (Phi) is 3.41. The van der Waals surface area contributed by atoms with E-state index in [1.54, 1.807) is 28.9 Å². The first-order valence-corrected chi connectivity index (χ1v) is 8.41. The Morgan fingerprint density at radius 3 is 2.41 bits per heavy atom. The van der Waals surface area contributed by atoms with Gasteiger partial charge in [0.15, 0.2) is 0 Å². The van der Waals surface area contributed by atoms with Gasteiger partial charge >= 0.3 is 0 Å². The van der Waals surface area contributed by atoms with E-state index in [1.807, 2.05) is 13.8 Å². The highest BCUT2D eigenvalue weighted by Gasteiger charge is 2.28. The van der Waals surface area contributed by atoms with Gasteiger partial charge in [0.25, 0.3) is 0 Å². The molecule has 0 aliphatic rings. The molecule has 0 amide bonds. The fraction of sp³-hybridized carbons (Fsp3) is 0.188. The predicted molar refractivity (Wildman–Crippen MR) is 82.8 cm³/mol. The van der Waals surface area contributed by atoms with Gasteiger partial charge in [-0.25, -0.2) is 12.9 Å². The second-order valence-electron chi connectivity index (χ2n) is 5.40.